The lowest BCUT2D eigenvalue weighted by atomic mass is 9.85. The Balaban J connectivity index is 1.99. The molecule has 8 bridgehead atoms. The molecule has 274 valence electrons. The van der Waals surface area contributed by atoms with Crippen molar-refractivity contribution >= 4 is 57.0 Å². The summed E-state index contributed by atoms with van der Waals surface area (Å²) in [7, 11) is 0. The Bertz CT molecular complexity index is 2180. The summed E-state index contributed by atoms with van der Waals surface area (Å²) < 4.78 is 0. The van der Waals surface area contributed by atoms with Crippen molar-refractivity contribution in [3.8, 4) is 0 Å². The third-order valence-electron chi connectivity index (χ3n) is 10.3. The van der Waals surface area contributed by atoms with Crippen molar-refractivity contribution < 1.29 is 34.5 Å². The number of carbonyl (C=O) groups is 4. The molecule has 3 aromatic heterocycles. The van der Waals surface area contributed by atoms with Crippen LogP contribution in [0.4, 0.5) is 0 Å². The number of unbranched alkanes of at least 4 members (excludes halogenated alkanes) is 1. The van der Waals surface area contributed by atoms with Crippen LogP contribution < -0.4 is 11.1 Å². The number of aryl methyl sites for hydroxylation is 3. The topological polar surface area (TPSA) is 224 Å². The Morgan fingerprint density at radius 2 is 1.67 bits per heavy atom. The quantitative estimate of drug-likeness (QED) is 0.0970. The summed E-state index contributed by atoms with van der Waals surface area (Å²) in [6, 6.07) is 4.27. The van der Waals surface area contributed by atoms with Gasteiger partial charge in [-0.25, -0.2) is 14.6 Å². The molecule has 1 unspecified atom stereocenters. The zero-order valence-corrected chi connectivity index (χ0v) is 30.1. The van der Waals surface area contributed by atoms with Crippen molar-refractivity contribution in [1.82, 2.24) is 25.3 Å². The van der Waals surface area contributed by atoms with E-state index in [-0.39, 0.29) is 41.6 Å². The highest BCUT2D eigenvalue weighted by Crippen LogP contribution is 2.43. The van der Waals surface area contributed by atoms with Crippen LogP contribution in [0.15, 0.2) is 30.9 Å². The SMILES string of the molecule is C=CC1=C(C)c2cc3nc(c(C(=O)NC(CCCCN)C(=O)O)c4[nH]c(cc5[nH]c(cc1n2)c(C)c5CC)c(C)c4C(=O)O)[C@@H](CCC(=O)O)[C@@H]3C. The van der Waals surface area contributed by atoms with Gasteiger partial charge >= 0.3 is 17.9 Å². The normalized spacial score (nSPS) is 16.1. The van der Waals surface area contributed by atoms with Gasteiger partial charge in [0, 0.05) is 46.1 Å². The van der Waals surface area contributed by atoms with E-state index >= 15 is 0 Å². The summed E-state index contributed by atoms with van der Waals surface area (Å²) in [6.45, 7) is 13.9. The standard InChI is InChI=1S/C39H46N6O7/c1-7-22-18(3)26-15-28-20(5)24(12-13-32(46)47)35(43-28)34(37(48)45-25(38(49)50)11-9-10-14-40)36-33(39(51)52)21(6)29(44-36)17-31-23(8-2)19(4)27(42-31)16-30(22)41-26/h7,15-17,20,24-25,42,44H,1,8-14,40H2,2-6H3,(H,45,48)(H,46,47)(H,49,50)(H,51,52)/t20-,24-,25?/m0/s1. The maximum atomic E-state index is 14.5. The van der Waals surface area contributed by atoms with Crippen molar-refractivity contribution in [3.63, 3.8) is 0 Å². The van der Waals surface area contributed by atoms with E-state index in [1.807, 2.05) is 33.8 Å². The Hall–Kier alpha value is -5.56. The van der Waals surface area contributed by atoms with Gasteiger partial charge in [0.1, 0.15) is 6.04 Å². The van der Waals surface area contributed by atoms with E-state index in [0.29, 0.717) is 54.0 Å². The number of allylic oxidation sites excluding steroid dienone is 3. The maximum Gasteiger partial charge on any atom is 0.338 e. The molecule has 0 saturated heterocycles. The number of aromatic carboxylic acids is 1. The molecule has 8 N–H and O–H groups in total. The Morgan fingerprint density at radius 3 is 2.29 bits per heavy atom. The van der Waals surface area contributed by atoms with Gasteiger partial charge in [0.25, 0.3) is 5.91 Å². The van der Waals surface area contributed by atoms with Crippen LogP contribution in [0.1, 0.15) is 125 Å². The van der Waals surface area contributed by atoms with Crippen LogP contribution in [0.5, 0.6) is 0 Å². The number of rotatable bonds is 13. The molecule has 3 atom stereocenters. The number of hydrogen-bond donors (Lipinski definition) is 7. The number of amides is 1. The van der Waals surface area contributed by atoms with Gasteiger partial charge in [-0.2, -0.15) is 0 Å². The minimum absolute atomic E-state index is 0.0496. The molecule has 0 spiro atoms. The highest BCUT2D eigenvalue weighted by molar-refractivity contribution is 6.11. The molecule has 2 aliphatic rings. The minimum Gasteiger partial charge on any atom is -0.481 e. The predicted molar refractivity (Wildman–Crippen MR) is 199 cm³/mol. The maximum absolute atomic E-state index is 14.5. The first-order valence-electron chi connectivity index (χ1n) is 17.5. The lowest BCUT2D eigenvalue weighted by Crippen LogP contribution is -2.41. The number of hydrogen-bond acceptors (Lipinski definition) is 7. The molecule has 1 amide bonds. The van der Waals surface area contributed by atoms with Gasteiger partial charge < -0.3 is 36.3 Å². The van der Waals surface area contributed by atoms with Gasteiger partial charge in [-0.3, -0.25) is 14.6 Å². The number of nitrogens with zero attached hydrogens (tertiary/aromatic N) is 2. The van der Waals surface area contributed by atoms with Crippen molar-refractivity contribution in [2.24, 2.45) is 5.73 Å². The first-order valence-corrected chi connectivity index (χ1v) is 17.5. The second-order valence-electron chi connectivity index (χ2n) is 13.5. The molecule has 0 aliphatic carbocycles. The molecule has 0 fully saturated rings. The molecule has 0 radical (unpaired) electrons. The number of nitrogens with two attached hydrogens (primary N) is 1. The average Bonchev–Trinajstić information content (AvgIpc) is 3.76. The lowest BCUT2D eigenvalue weighted by Gasteiger charge is -2.19. The van der Waals surface area contributed by atoms with E-state index in [9.17, 15) is 34.5 Å². The third-order valence-corrected chi connectivity index (χ3v) is 10.3. The number of aromatic nitrogens is 4. The molecule has 5 heterocycles. The van der Waals surface area contributed by atoms with Gasteiger partial charge in [-0.05, 0) is 99.9 Å². The largest absolute Gasteiger partial charge is 0.481 e. The second kappa shape index (κ2) is 15.4. The minimum atomic E-state index is -1.30. The highest BCUT2D eigenvalue weighted by atomic mass is 16.4. The average molecular weight is 711 g/mol. The number of carbonyl (C=O) groups excluding carboxylic acids is 1. The second-order valence-corrected chi connectivity index (χ2v) is 13.5. The molecule has 3 aromatic rings. The van der Waals surface area contributed by atoms with Gasteiger partial charge in [-0.15, -0.1) is 0 Å². The fourth-order valence-electron chi connectivity index (χ4n) is 7.32. The monoisotopic (exact) mass is 710 g/mol. The number of fused-ring (bicyclic) bond motifs is 8. The van der Waals surface area contributed by atoms with Gasteiger partial charge in [0.15, 0.2) is 0 Å². The zero-order valence-electron chi connectivity index (χ0n) is 30.1. The fourth-order valence-corrected chi connectivity index (χ4v) is 7.32. The summed E-state index contributed by atoms with van der Waals surface area (Å²) >= 11 is 0. The van der Waals surface area contributed by atoms with Crippen molar-refractivity contribution in [3.05, 3.63) is 81.4 Å². The summed E-state index contributed by atoms with van der Waals surface area (Å²) in [6.07, 6.45) is 3.33. The Kier molecular flexibility index (Phi) is 11.1. The number of aliphatic carboxylic acids is 2. The number of aromatic amines is 2. The number of nitrogens with one attached hydrogen (secondary N) is 3. The Morgan fingerprint density at radius 1 is 0.962 bits per heavy atom. The first kappa shape index (κ1) is 37.7. The van der Waals surface area contributed by atoms with Gasteiger partial charge in [0.05, 0.1) is 33.7 Å². The summed E-state index contributed by atoms with van der Waals surface area (Å²) in [5.74, 6) is -5.51. The van der Waals surface area contributed by atoms with Crippen molar-refractivity contribution in [2.75, 3.05) is 6.54 Å². The summed E-state index contributed by atoms with van der Waals surface area (Å²) in [5, 5.41) is 33.0. The fraction of sp³-hybridized carbons (Fsp3) is 0.385. The molecular formula is C39H46N6O7. The number of carboxylic acid groups (broad SMARTS) is 3. The van der Waals surface area contributed by atoms with E-state index < -0.39 is 41.7 Å². The molecular weight excluding hydrogens is 664 g/mol. The van der Waals surface area contributed by atoms with E-state index in [4.69, 9.17) is 15.7 Å². The van der Waals surface area contributed by atoms with Crippen LogP contribution in [-0.4, -0.2) is 71.7 Å². The van der Waals surface area contributed by atoms with Crippen LogP contribution in [0.3, 0.4) is 0 Å². The number of H-pyrrole nitrogens is 2. The highest BCUT2D eigenvalue weighted by Gasteiger charge is 2.36. The predicted octanol–water partition coefficient (Wildman–Crippen LogP) is 6.37. The van der Waals surface area contributed by atoms with Crippen LogP contribution in [0, 0.1) is 13.8 Å². The van der Waals surface area contributed by atoms with E-state index in [1.165, 1.54) is 0 Å². The van der Waals surface area contributed by atoms with Crippen LogP contribution in [0.25, 0.3) is 33.2 Å². The van der Waals surface area contributed by atoms with E-state index in [1.54, 1.807) is 25.1 Å². The molecule has 13 heteroatoms. The number of carboxylic acids is 3. The summed E-state index contributed by atoms with van der Waals surface area (Å²) in [5.41, 5.74) is 13.3. The molecule has 0 aromatic carbocycles. The third kappa shape index (κ3) is 7.13. The molecule has 0 saturated carbocycles. The smallest absolute Gasteiger partial charge is 0.338 e. The van der Waals surface area contributed by atoms with E-state index in [0.717, 1.165) is 33.3 Å². The molecule has 52 heavy (non-hydrogen) atoms. The molecule has 2 aliphatic heterocycles. The van der Waals surface area contributed by atoms with Crippen LogP contribution >= 0.6 is 0 Å². The summed E-state index contributed by atoms with van der Waals surface area (Å²) in [4.78, 5) is 68.4. The first-order chi connectivity index (χ1) is 24.7. The van der Waals surface area contributed by atoms with Crippen molar-refractivity contribution in [1.29, 1.82) is 0 Å². The van der Waals surface area contributed by atoms with Crippen LogP contribution in [0.2, 0.25) is 0 Å². The van der Waals surface area contributed by atoms with E-state index in [2.05, 4.69) is 21.9 Å². The zero-order chi connectivity index (χ0) is 38.0. The van der Waals surface area contributed by atoms with Crippen LogP contribution in [-0.2, 0) is 16.0 Å². The molecule has 13 nitrogen and oxygen atoms in total. The Labute approximate surface area is 301 Å². The van der Waals surface area contributed by atoms with Gasteiger partial charge in [-0.1, -0.05) is 26.5 Å². The lowest BCUT2D eigenvalue weighted by molar-refractivity contribution is -0.139. The molecule has 5 rings (SSSR count). The van der Waals surface area contributed by atoms with Gasteiger partial charge in [0.2, 0.25) is 0 Å². The van der Waals surface area contributed by atoms with Crippen molar-refractivity contribution in [2.45, 2.75) is 91.0 Å².